The van der Waals surface area contributed by atoms with Gasteiger partial charge in [-0.25, -0.2) is 4.79 Å². The minimum Gasteiger partial charge on any atom is -0.480 e. The molecule has 5 nitrogen and oxygen atoms in total. The number of ether oxygens (including phenoxy) is 1. The Hall–Kier alpha value is -2.31. The number of nitrogens with one attached hydrogen (secondary N) is 1. The number of benzene rings is 2. The summed E-state index contributed by atoms with van der Waals surface area (Å²) >= 11 is 1.52. The van der Waals surface area contributed by atoms with Crippen LogP contribution in [0.5, 0.6) is 5.75 Å². The first-order valence-electron chi connectivity index (χ1n) is 7.11. The van der Waals surface area contributed by atoms with Crippen molar-refractivity contribution in [2.24, 2.45) is 0 Å². The van der Waals surface area contributed by atoms with Crippen LogP contribution in [0.2, 0.25) is 0 Å². The van der Waals surface area contributed by atoms with Gasteiger partial charge in [0.05, 0.1) is 10.9 Å². The van der Waals surface area contributed by atoms with Crippen molar-refractivity contribution in [2.75, 3.05) is 5.75 Å². The molecule has 0 amide bonds. The molecule has 2 aromatic carbocycles. The molecule has 0 bridgehead atoms. The van der Waals surface area contributed by atoms with Gasteiger partial charge in [0.25, 0.3) is 0 Å². The lowest BCUT2D eigenvalue weighted by molar-refractivity contribution is -0.138. The third kappa shape index (κ3) is 3.72. The van der Waals surface area contributed by atoms with Gasteiger partial charge >= 0.3 is 11.9 Å². The zero-order chi connectivity index (χ0) is 16.2. The van der Waals surface area contributed by atoms with Gasteiger partial charge in [-0.05, 0) is 29.8 Å². The SMILES string of the molecule is O=C(Oc1cccc(C2NC(C(=O)O)CS2)c1)c1ccccc1. The molecule has 3 rings (SSSR count). The molecule has 0 aliphatic carbocycles. The summed E-state index contributed by atoms with van der Waals surface area (Å²) < 4.78 is 5.38. The van der Waals surface area contributed by atoms with Gasteiger partial charge in [0.1, 0.15) is 11.8 Å². The summed E-state index contributed by atoms with van der Waals surface area (Å²) in [5.41, 5.74) is 1.37. The maximum Gasteiger partial charge on any atom is 0.343 e. The Bertz CT molecular complexity index is 720. The lowest BCUT2D eigenvalue weighted by atomic mass is 10.2. The van der Waals surface area contributed by atoms with Crippen molar-refractivity contribution in [1.29, 1.82) is 0 Å². The van der Waals surface area contributed by atoms with Gasteiger partial charge < -0.3 is 9.84 Å². The molecule has 1 saturated heterocycles. The number of thioether (sulfide) groups is 1. The van der Waals surface area contributed by atoms with Crippen molar-refractivity contribution in [2.45, 2.75) is 11.4 Å². The fourth-order valence-corrected chi connectivity index (χ4v) is 3.51. The number of aliphatic carboxylic acids is 1. The summed E-state index contributed by atoms with van der Waals surface area (Å²) in [7, 11) is 0. The van der Waals surface area contributed by atoms with Crippen LogP contribution in [-0.2, 0) is 4.79 Å². The van der Waals surface area contributed by atoms with Crippen LogP contribution in [0.15, 0.2) is 54.6 Å². The Morgan fingerprint density at radius 3 is 2.61 bits per heavy atom. The van der Waals surface area contributed by atoms with Crippen LogP contribution in [0.25, 0.3) is 0 Å². The largest absolute Gasteiger partial charge is 0.480 e. The van der Waals surface area contributed by atoms with E-state index >= 15 is 0 Å². The van der Waals surface area contributed by atoms with E-state index in [1.54, 1.807) is 42.5 Å². The van der Waals surface area contributed by atoms with Crippen molar-refractivity contribution in [1.82, 2.24) is 5.32 Å². The van der Waals surface area contributed by atoms with E-state index in [2.05, 4.69) is 5.32 Å². The highest BCUT2D eigenvalue weighted by molar-refractivity contribution is 7.99. The normalized spacial score (nSPS) is 20.2. The zero-order valence-electron chi connectivity index (χ0n) is 12.1. The third-order valence-corrected chi connectivity index (χ3v) is 4.73. The van der Waals surface area contributed by atoms with Gasteiger partial charge in [0.2, 0.25) is 0 Å². The van der Waals surface area contributed by atoms with Gasteiger partial charge in [-0.3, -0.25) is 10.1 Å². The maximum atomic E-state index is 12.1. The molecule has 0 radical (unpaired) electrons. The number of esters is 1. The number of rotatable bonds is 4. The van der Waals surface area contributed by atoms with Gasteiger partial charge in [-0.1, -0.05) is 30.3 Å². The summed E-state index contributed by atoms with van der Waals surface area (Å²) in [6.07, 6.45) is 0. The highest BCUT2D eigenvalue weighted by atomic mass is 32.2. The quantitative estimate of drug-likeness (QED) is 0.663. The second kappa shape index (κ2) is 6.85. The zero-order valence-corrected chi connectivity index (χ0v) is 13.0. The number of carboxylic acid groups (broad SMARTS) is 1. The Labute approximate surface area is 137 Å². The number of hydrogen-bond acceptors (Lipinski definition) is 5. The summed E-state index contributed by atoms with van der Waals surface area (Å²) in [5.74, 6) is -0.323. The van der Waals surface area contributed by atoms with Crippen molar-refractivity contribution in [3.05, 3.63) is 65.7 Å². The summed E-state index contributed by atoms with van der Waals surface area (Å²) in [5, 5.41) is 12.0. The van der Waals surface area contributed by atoms with Gasteiger partial charge in [0.15, 0.2) is 0 Å². The summed E-state index contributed by atoms with van der Waals surface area (Å²) in [6, 6.07) is 15.4. The monoisotopic (exact) mass is 329 g/mol. The van der Waals surface area contributed by atoms with Crippen LogP contribution in [0.4, 0.5) is 0 Å². The molecular formula is C17H15NO4S. The lowest BCUT2D eigenvalue weighted by Crippen LogP contribution is -2.33. The van der Waals surface area contributed by atoms with Gasteiger partial charge in [-0.2, -0.15) is 0 Å². The van der Waals surface area contributed by atoms with Crippen LogP contribution >= 0.6 is 11.8 Å². The topological polar surface area (TPSA) is 75.6 Å². The van der Waals surface area contributed by atoms with E-state index in [9.17, 15) is 9.59 Å². The van der Waals surface area contributed by atoms with E-state index in [4.69, 9.17) is 9.84 Å². The number of carbonyl (C=O) groups is 2. The molecule has 0 aromatic heterocycles. The van der Waals surface area contributed by atoms with Crippen molar-refractivity contribution >= 4 is 23.7 Å². The molecule has 6 heteroatoms. The van der Waals surface area contributed by atoms with Gasteiger partial charge in [-0.15, -0.1) is 11.8 Å². The number of carbonyl (C=O) groups excluding carboxylic acids is 1. The fourth-order valence-electron chi connectivity index (χ4n) is 2.29. The van der Waals surface area contributed by atoms with E-state index in [0.29, 0.717) is 17.1 Å². The Morgan fingerprint density at radius 2 is 1.91 bits per heavy atom. The lowest BCUT2D eigenvalue weighted by Gasteiger charge is -2.12. The standard InChI is InChI=1S/C17H15NO4S/c19-16(20)14-10-23-15(18-14)12-7-4-8-13(9-12)22-17(21)11-5-2-1-3-6-11/h1-9,14-15,18H,10H2,(H,19,20). The van der Waals surface area contributed by atoms with Gasteiger partial charge in [0, 0.05) is 5.75 Å². The number of hydrogen-bond donors (Lipinski definition) is 2. The molecule has 118 valence electrons. The first kappa shape index (κ1) is 15.6. The van der Waals surface area contributed by atoms with Crippen LogP contribution < -0.4 is 10.1 Å². The van der Waals surface area contributed by atoms with Crippen molar-refractivity contribution < 1.29 is 19.4 Å². The third-order valence-electron chi connectivity index (χ3n) is 3.46. The maximum absolute atomic E-state index is 12.1. The molecule has 1 aliphatic heterocycles. The van der Waals surface area contributed by atoms with Crippen LogP contribution in [0.1, 0.15) is 21.3 Å². The predicted octanol–water partition coefficient (Wildman–Crippen LogP) is 2.69. The average molecular weight is 329 g/mol. The highest BCUT2D eigenvalue weighted by Gasteiger charge is 2.30. The minimum absolute atomic E-state index is 0.119. The molecule has 1 aliphatic rings. The van der Waals surface area contributed by atoms with Crippen molar-refractivity contribution in [3.8, 4) is 5.75 Å². The van der Waals surface area contributed by atoms with E-state index < -0.39 is 18.0 Å². The van der Waals surface area contributed by atoms with Crippen LogP contribution in [-0.4, -0.2) is 28.8 Å². The van der Waals surface area contributed by atoms with Crippen LogP contribution in [0, 0.1) is 0 Å². The first-order valence-corrected chi connectivity index (χ1v) is 8.16. The molecule has 1 fully saturated rings. The number of carboxylic acids is 1. The average Bonchev–Trinajstić information content (AvgIpc) is 3.06. The van der Waals surface area contributed by atoms with E-state index in [1.807, 2.05) is 12.1 Å². The molecule has 2 atom stereocenters. The fraction of sp³-hybridized carbons (Fsp3) is 0.176. The first-order chi connectivity index (χ1) is 11.1. The molecule has 2 unspecified atom stereocenters. The van der Waals surface area contributed by atoms with E-state index in [0.717, 1.165) is 5.56 Å². The second-order valence-electron chi connectivity index (χ2n) is 5.10. The van der Waals surface area contributed by atoms with Crippen molar-refractivity contribution in [3.63, 3.8) is 0 Å². The predicted molar refractivity (Wildman–Crippen MR) is 87.6 cm³/mol. The molecule has 0 spiro atoms. The minimum atomic E-state index is -0.855. The second-order valence-corrected chi connectivity index (χ2v) is 6.24. The molecule has 2 N–H and O–H groups in total. The molecule has 0 saturated carbocycles. The Morgan fingerprint density at radius 1 is 1.13 bits per heavy atom. The molecule has 2 aromatic rings. The Kier molecular flexibility index (Phi) is 4.64. The Balaban J connectivity index is 1.71. The molecular weight excluding hydrogens is 314 g/mol. The molecule has 23 heavy (non-hydrogen) atoms. The highest BCUT2D eigenvalue weighted by Crippen LogP contribution is 2.34. The smallest absolute Gasteiger partial charge is 0.343 e. The van der Waals surface area contributed by atoms with E-state index in [-0.39, 0.29) is 5.37 Å². The summed E-state index contributed by atoms with van der Waals surface area (Å²) in [4.78, 5) is 23.1. The van der Waals surface area contributed by atoms with E-state index in [1.165, 1.54) is 11.8 Å². The summed E-state index contributed by atoms with van der Waals surface area (Å²) in [6.45, 7) is 0. The molecule has 1 heterocycles. The van der Waals surface area contributed by atoms with Crippen LogP contribution in [0.3, 0.4) is 0 Å².